The molecule has 2 amide bonds. The molecule has 0 radical (unpaired) electrons. The average molecular weight is 665 g/mol. The summed E-state index contributed by atoms with van der Waals surface area (Å²) in [5.74, 6) is 0.322. The zero-order chi connectivity index (χ0) is 32.3. The van der Waals surface area contributed by atoms with Gasteiger partial charge in [0.05, 0.1) is 28.1 Å². The Bertz CT molecular complexity index is 1700. The summed E-state index contributed by atoms with van der Waals surface area (Å²) in [5, 5.41) is 24.7. The summed E-state index contributed by atoms with van der Waals surface area (Å²) in [5.41, 5.74) is 3.75. The third-order valence-electron chi connectivity index (χ3n) is 9.69. The molecule has 46 heavy (non-hydrogen) atoms. The van der Waals surface area contributed by atoms with Gasteiger partial charge in [-0.05, 0) is 92.0 Å². The number of hydrogen-bond donors (Lipinski definition) is 3. The summed E-state index contributed by atoms with van der Waals surface area (Å²) in [7, 11) is 1.54. The molecule has 11 nitrogen and oxygen atoms in total. The second kappa shape index (κ2) is 13.4. The zero-order valence-electron chi connectivity index (χ0n) is 25.4. The van der Waals surface area contributed by atoms with E-state index in [4.69, 9.17) is 27.9 Å². The van der Waals surface area contributed by atoms with E-state index in [9.17, 15) is 14.8 Å². The lowest BCUT2D eigenvalue weighted by Gasteiger charge is -2.41. The summed E-state index contributed by atoms with van der Waals surface area (Å²) >= 11 is 12.8. The summed E-state index contributed by atoms with van der Waals surface area (Å²) in [4.78, 5) is 31.2. The fourth-order valence-corrected chi connectivity index (χ4v) is 7.26. The number of carbonyl (C=O) groups is 2. The number of rotatable bonds is 9. The normalized spacial score (nSPS) is 19.6. The van der Waals surface area contributed by atoms with E-state index >= 15 is 0 Å². The molecule has 13 heteroatoms. The van der Waals surface area contributed by atoms with Crippen LogP contribution in [0.2, 0.25) is 10.0 Å². The molecule has 3 N–H and O–H groups in total. The number of likely N-dealkylation sites (tertiary alicyclic amines) is 2. The first-order chi connectivity index (χ1) is 22.3. The molecule has 2 aliphatic rings. The van der Waals surface area contributed by atoms with Crippen molar-refractivity contribution in [1.82, 2.24) is 35.9 Å². The molecule has 1 aromatic heterocycles. The van der Waals surface area contributed by atoms with E-state index in [0.717, 1.165) is 30.5 Å². The number of carbonyl (C=O) groups excluding carboxylic acids is 2. The van der Waals surface area contributed by atoms with Gasteiger partial charge >= 0.3 is 0 Å². The molecule has 0 unspecified atom stereocenters. The van der Waals surface area contributed by atoms with Gasteiger partial charge in [0.2, 0.25) is 5.82 Å². The van der Waals surface area contributed by atoms with Crippen molar-refractivity contribution in [2.75, 3.05) is 39.8 Å². The van der Waals surface area contributed by atoms with Crippen LogP contribution in [0, 0.1) is 0 Å². The van der Waals surface area contributed by atoms with Crippen LogP contribution in [0.5, 0.6) is 5.75 Å². The number of amides is 2. The molecule has 4 aromatic rings. The number of H-pyrrole nitrogens is 1. The van der Waals surface area contributed by atoms with E-state index in [0.29, 0.717) is 71.8 Å². The van der Waals surface area contributed by atoms with Crippen molar-refractivity contribution in [3.05, 3.63) is 93.5 Å². The van der Waals surface area contributed by atoms with Crippen LogP contribution in [0.4, 0.5) is 0 Å². The largest absolute Gasteiger partial charge is 0.496 e. The van der Waals surface area contributed by atoms with Crippen molar-refractivity contribution in [1.29, 1.82) is 0 Å². The van der Waals surface area contributed by atoms with Gasteiger partial charge in [0, 0.05) is 24.1 Å². The van der Waals surface area contributed by atoms with E-state index in [1.54, 1.807) is 25.3 Å². The number of hydrogen-bond acceptors (Lipinski definition) is 8. The molecule has 0 bridgehead atoms. The first-order valence-corrected chi connectivity index (χ1v) is 15.9. The molecule has 0 spiro atoms. The average Bonchev–Trinajstić information content (AvgIpc) is 3.80. The Hall–Kier alpha value is -4.03. The van der Waals surface area contributed by atoms with E-state index < -0.39 is 5.41 Å². The standard InChI is InChI=1S/C33H35Cl2N7O4/c1-46-28-10-7-22(29-36-39-40-37-29)19-25(28)30(43)42-18-12-32(21-42,24-8-9-26(34)27(35)20-24)11-15-41-16-13-33(14-17-41,31(44)38-45)23-5-3-2-4-6-23/h2-10,19-20,45H,11-18,21H2,1H3,(H,38,44)(H,36,37,39,40)/t32-/m0/s1. The summed E-state index contributed by atoms with van der Waals surface area (Å²) in [6, 6.07) is 20.6. The first-order valence-electron chi connectivity index (χ1n) is 15.2. The van der Waals surface area contributed by atoms with Gasteiger partial charge in [0.25, 0.3) is 11.8 Å². The number of tetrazole rings is 1. The fraction of sp³-hybridized carbons (Fsp3) is 0.364. The van der Waals surface area contributed by atoms with Gasteiger partial charge < -0.3 is 14.5 Å². The Morgan fingerprint density at radius 3 is 2.43 bits per heavy atom. The fourth-order valence-electron chi connectivity index (χ4n) is 6.97. The number of ether oxygens (including phenoxy) is 1. The van der Waals surface area contributed by atoms with Gasteiger partial charge in [0.15, 0.2) is 0 Å². The number of methoxy groups -OCH3 is 1. The van der Waals surface area contributed by atoms with Crippen LogP contribution >= 0.6 is 23.2 Å². The van der Waals surface area contributed by atoms with E-state index in [1.807, 2.05) is 58.9 Å². The summed E-state index contributed by atoms with van der Waals surface area (Å²) < 4.78 is 5.57. The maximum Gasteiger partial charge on any atom is 0.257 e. The van der Waals surface area contributed by atoms with Gasteiger partial charge in [-0.25, -0.2) is 5.48 Å². The van der Waals surface area contributed by atoms with Crippen LogP contribution in [0.25, 0.3) is 11.4 Å². The highest BCUT2D eigenvalue weighted by atomic mass is 35.5. The Morgan fingerprint density at radius 1 is 0.978 bits per heavy atom. The van der Waals surface area contributed by atoms with Crippen molar-refractivity contribution in [3.63, 3.8) is 0 Å². The predicted octanol–water partition coefficient (Wildman–Crippen LogP) is 4.90. The number of aromatic nitrogens is 4. The Balaban J connectivity index is 1.23. The molecule has 0 saturated carbocycles. The number of halogens is 2. The van der Waals surface area contributed by atoms with Gasteiger partial charge in [-0.15, -0.1) is 10.2 Å². The molecule has 240 valence electrons. The van der Waals surface area contributed by atoms with Crippen molar-refractivity contribution in [2.45, 2.75) is 36.5 Å². The van der Waals surface area contributed by atoms with Crippen LogP contribution in [-0.4, -0.2) is 87.3 Å². The first kappa shape index (κ1) is 31.9. The lowest BCUT2D eigenvalue weighted by molar-refractivity contribution is -0.137. The summed E-state index contributed by atoms with van der Waals surface area (Å²) in [6.45, 7) is 3.14. The molecule has 1 atom stereocenters. The third kappa shape index (κ3) is 6.07. The van der Waals surface area contributed by atoms with Crippen molar-refractivity contribution in [2.24, 2.45) is 0 Å². The molecule has 2 aliphatic heterocycles. The topological polar surface area (TPSA) is 137 Å². The molecule has 3 heterocycles. The number of nitrogens with one attached hydrogen (secondary N) is 2. The Labute approximate surface area is 276 Å². The van der Waals surface area contributed by atoms with Gasteiger partial charge in [0.1, 0.15) is 5.75 Å². The smallest absolute Gasteiger partial charge is 0.257 e. The molecule has 0 aliphatic carbocycles. The Kier molecular flexibility index (Phi) is 9.28. The SMILES string of the molecule is COc1ccc(-c2nn[nH]n2)cc1C(=O)N1CC[C@](CCN2CCC(C(=O)NO)(c3ccccc3)CC2)(c2ccc(Cl)c(Cl)c2)C1. The minimum Gasteiger partial charge on any atom is -0.496 e. The van der Waals surface area contributed by atoms with Crippen LogP contribution in [-0.2, 0) is 15.6 Å². The quantitative estimate of drug-likeness (QED) is 0.170. The van der Waals surface area contributed by atoms with Crippen LogP contribution < -0.4 is 10.2 Å². The highest BCUT2D eigenvalue weighted by Gasteiger charge is 2.45. The monoisotopic (exact) mass is 663 g/mol. The number of piperidine rings is 1. The van der Waals surface area contributed by atoms with Gasteiger partial charge in [-0.1, -0.05) is 59.6 Å². The van der Waals surface area contributed by atoms with Crippen LogP contribution in [0.15, 0.2) is 66.7 Å². The van der Waals surface area contributed by atoms with Gasteiger partial charge in [-0.3, -0.25) is 14.8 Å². The number of hydroxylamine groups is 1. The molecular weight excluding hydrogens is 629 g/mol. The third-order valence-corrected chi connectivity index (χ3v) is 10.4. The highest BCUT2D eigenvalue weighted by Crippen LogP contribution is 2.42. The van der Waals surface area contributed by atoms with Crippen LogP contribution in [0.3, 0.4) is 0 Å². The van der Waals surface area contributed by atoms with Crippen LogP contribution in [0.1, 0.15) is 47.2 Å². The molecule has 2 saturated heterocycles. The maximum atomic E-state index is 14.1. The minimum absolute atomic E-state index is 0.148. The van der Waals surface area contributed by atoms with Crippen molar-refractivity contribution < 1.29 is 19.5 Å². The molecular formula is C33H35Cl2N7O4. The molecule has 6 rings (SSSR count). The second-order valence-electron chi connectivity index (χ2n) is 12.0. The van der Waals surface area contributed by atoms with E-state index in [1.165, 1.54) is 0 Å². The maximum absolute atomic E-state index is 14.1. The predicted molar refractivity (Wildman–Crippen MR) is 173 cm³/mol. The van der Waals surface area contributed by atoms with Crippen molar-refractivity contribution in [3.8, 4) is 17.1 Å². The minimum atomic E-state index is -0.792. The van der Waals surface area contributed by atoms with Gasteiger partial charge in [-0.2, -0.15) is 5.21 Å². The molecule has 3 aromatic carbocycles. The number of aromatic amines is 1. The number of benzene rings is 3. The lowest BCUT2D eigenvalue weighted by Crippen LogP contribution is -2.51. The Morgan fingerprint density at radius 2 is 1.76 bits per heavy atom. The zero-order valence-corrected chi connectivity index (χ0v) is 26.9. The highest BCUT2D eigenvalue weighted by molar-refractivity contribution is 6.42. The van der Waals surface area contributed by atoms with Crippen molar-refractivity contribution >= 4 is 35.0 Å². The molecule has 2 fully saturated rings. The van der Waals surface area contributed by atoms with E-state index in [2.05, 4.69) is 25.5 Å². The number of nitrogens with zero attached hydrogens (tertiary/aromatic N) is 5. The second-order valence-corrected chi connectivity index (χ2v) is 12.8. The summed E-state index contributed by atoms with van der Waals surface area (Å²) in [6.07, 6.45) is 2.65. The lowest BCUT2D eigenvalue weighted by atomic mass is 9.71. The van der Waals surface area contributed by atoms with E-state index in [-0.39, 0.29) is 17.2 Å².